The number of phenols is 1. The highest BCUT2D eigenvalue weighted by Gasteiger charge is 2.70. The highest BCUT2D eigenvalue weighted by Crippen LogP contribution is 2.64. The van der Waals surface area contributed by atoms with Crippen molar-refractivity contribution in [3.05, 3.63) is 135 Å². The van der Waals surface area contributed by atoms with Gasteiger partial charge in [0.2, 0.25) is 23.6 Å². The number of hydrogen-bond acceptors (Lipinski definition) is 5. The summed E-state index contributed by atoms with van der Waals surface area (Å²) in [4.78, 5) is 61.1. The molecule has 4 aromatic carbocycles. The van der Waals surface area contributed by atoms with Gasteiger partial charge in [0.05, 0.1) is 34.5 Å². The van der Waals surface area contributed by atoms with E-state index >= 15 is 4.79 Å². The number of carbonyl (C=O) groups excluding carboxylic acids is 4. The highest BCUT2D eigenvalue weighted by atomic mass is 35.5. The molecule has 0 unspecified atom stereocenters. The number of aromatic hydroxyl groups is 1. The lowest BCUT2D eigenvalue weighted by Gasteiger charge is -2.51. The Kier molecular flexibility index (Phi) is 7.36. The molecular weight excluding hydrogens is 659 g/mol. The van der Waals surface area contributed by atoms with Gasteiger partial charge in [0.1, 0.15) is 5.75 Å². The van der Waals surface area contributed by atoms with Gasteiger partial charge >= 0.3 is 0 Å². The molecule has 2 aliphatic heterocycles. The average molecular weight is 692 g/mol. The molecule has 2 saturated heterocycles. The van der Waals surface area contributed by atoms with Crippen LogP contribution in [0.5, 0.6) is 5.75 Å². The third-order valence-electron chi connectivity index (χ3n) is 11.1. The standard InChI is InChI=1S/C40H32Cl2N2O5/c1-21-17-23(18-22(2)35(21)45)34-29-15-16-30-33(38(48)43(36(30)46)27-13-11-25(41)12-14-27)31(29)20-32-37(47)44(28-10-6-9-26(42)19-28)39(49)40(32,34)24-7-4-3-5-8-24/h3-15,17-19,30-34,45H,16,20H2,1-2H3/t30-,31+,32-,33-,34-,40+/m0/s1. The minimum absolute atomic E-state index is 0.156. The van der Waals surface area contributed by atoms with E-state index in [1.807, 2.05) is 62.4 Å². The lowest BCUT2D eigenvalue weighted by molar-refractivity contribution is -0.127. The molecule has 0 spiro atoms. The van der Waals surface area contributed by atoms with Crippen LogP contribution >= 0.6 is 23.2 Å². The van der Waals surface area contributed by atoms with Crippen LogP contribution in [0.4, 0.5) is 11.4 Å². The Morgan fingerprint density at radius 1 is 0.714 bits per heavy atom. The van der Waals surface area contributed by atoms with Crippen molar-refractivity contribution in [2.24, 2.45) is 23.7 Å². The molecule has 1 saturated carbocycles. The summed E-state index contributed by atoms with van der Waals surface area (Å²) in [6, 6.07) is 26.5. The summed E-state index contributed by atoms with van der Waals surface area (Å²) in [6.07, 6.45) is 2.54. The predicted octanol–water partition coefficient (Wildman–Crippen LogP) is 7.68. The van der Waals surface area contributed by atoms with Crippen molar-refractivity contribution in [2.45, 2.75) is 38.0 Å². The molecule has 1 N–H and O–H groups in total. The zero-order valence-electron chi connectivity index (χ0n) is 26.8. The Morgan fingerprint density at radius 2 is 1.41 bits per heavy atom. The van der Waals surface area contributed by atoms with Crippen molar-refractivity contribution in [3.63, 3.8) is 0 Å². The average Bonchev–Trinajstić information content (AvgIpc) is 3.48. The maximum Gasteiger partial charge on any atom is 0.246 e. The van der Waals surface area contributed by atoms with Crippen molar-refractivity contribution in [1.29, 1.82) is 0 Å². The monoisotopic (exact) mass is 690 g/mol. The number of aryl methyl sites for hydroxylation is 2. The molecule has 4 aliphatic rings. The van der Waals surface area contributed by atoms with E-state index in [0.29, 0.717) is 44.5 Å². The summed E-state index contributed by atoms with van der Waals surface area (Å²) < 4.78 is 0. The van der Waals surface area contributed by atoms with Gasteiger partial charge in [-0.1, -0.05) is 83.4 Å². The molecule has 6 atom stereocenters. The maximum atomic E-state index is 15.3. The molecule has 2 aliphatic carbocycles. The number of amides is 4. The largest absolute Gasteiger partial charge is 0.507 e. The van der Waals surface area contributed by atoms with E-state index < -0.39 is 35.0 Å². The van der Waals surface area contributed by atoms with Crippen LogP contribution in [-0.2, 0) is 24.6 Å². The topological polar surface area (TPSA) is 95.0 Å². The zero-order valence-corrected chi connectivity index (χ0v) is 28.3. The molecule has 0 bridgehead atoms. The molecule has 246 valence electrons. The van der Waals surface area contributed by atoms with Gasteiger partial charge < -0.3 is 5.11 Å². The Bertz CT molecular complexity index is 2090. The summed E-state index contributed by atoms with van der Waals surface area (Å²) in [7, 11) is 0. The fourth-order valence-electron chi connectivity index (χ4n) is 9.12. The normalized spacial score (nSPS) is 27.6. The lowest BCUT2D eigenvalue weighted by Crippen LogP contribution is -2.53. The van der Waals surface area contributed by atoms with E-state index in [2.05, 4.69) is 0 Å². The molecule has 0 aromatic heterocycles. The molecule has 4 amide bonds. The number of halogens is 2. The third-order valence-corrected chi connectivity index (χ3v) is 11.6. The molecular formula is C40H32Cl2N2O5. The van der Waals surface area contributed by atoms with E-state index in [1.165, 1.54) is 9.80 Å². The van der Waals surface area contributed by atoms with Crippen LogP contribution in [0.25, 0.3) is 0 Å². The summed E-state index contributed by atoms with van der Waals surface area (Å²) in [5.41, 5.74) is 3.02. The second kappa shape index (κ2) is 11.4. The number of imide groups is 2. The first-order valence-corrected chi connectivity index (χ1v) is 17.1. The summed E-state index contributed by atoms with van der Waals surface area (Å²) in [5, 5.41) is 11.7. The zero-order chi connectivity index (χ0) is 34.4. The highest BCUT2D eigenvalue weighted by molar-refractivity contribution is 6.32. The first-order chi connectivity index (χ1) is 23.5. The fourth-order valence-corrected chi connectivity index (χ4v) is 9.43. The Balaban J connectivity index is 1.37. The van der Waals surface area contributed by atoms with Crippen molar-refractivity contribution >= 4 is 58.2 Å². The maximum absolute atomic E-state index is 15.3. The minimum Gasteiger partial charge on any atom is -0.507 e. The van der Waals surface area contributed by atoms with Crippen LogP contribution in [0.15, 0.2) is 103 Å². The number of anilines is 2. The SMILES string of the molecule is Cc1cc([C@H]2C3=CC[C@@H]4C(=O)N(c5ccc(Cl)cc5)C(=O)[C@@H]4[C@@H]3C[C@H]3C(=O)N(c4cccc(Cl)c4)C(=O)[C@@]23c2ccccc2)cc(C)c1O. The van der Waals surface area contributed by atoms with Crippen LogP contribution in [0.3, 0.4) is 0 Å². The van der Waals surface area contributed by atoms with Crippen molar-refractivity contribution in [3.8, 4) is 5.75 Å². The molecule has 4 aromatic rings. The summed E-state index contributed by atoms with van der Waals surface area (Å²) in [5.74, 6) is -4.56. The van der Waals surface area contributed by atoms with Gasteiger partial charge in [0.25, 0.3) is 0 Å². The second-order valence-electron chi connectivity index (χ2n) is 13.6. The number of nitrogens with zero attached hydrogens (tertiary/aromatic N) is 2. The molecule has 2 heterocycles. The lowest BCUT2D eigenvalue weighted by atomic mass is 9.49. The fraction of sp³-hybridized carbons (Fsp3) is 0.250. The summed E-state index contributed by atoms with van der Waals surface area (Å²) >= 11 is 12.5. The van der Waals surface area contributed by atoms with Crippen LogP contribution in [-0.4, -0.2) is 28.7 Å². The Morgan fingerprint density at radius 3 is 2.08 bits per heavy atom. The van der Waals surface area contributed by atoms with E-state index in [0.717, 1.165) is 11.1 Å². The van der Waals surface area contributed by atoms with Gasteiger partial charge in [0, 0.05) is 16.0 Å². The van der Waals surface area contributed by atoms with Crippen molar-refractivity contribution in [1.82, 2.24) is 0 Å². The van der Waals surface area contributed by atoms with Crippen molar-refractivity contribution in [2.75, 3.05) is 9.80 Å². The van der Waals surface area contributed by atoms with Gasteiger partial charge in [-0.15, -0.1) is 0 Å². The number of fused-ring (bicyclic) bond motifs is 4. The molecule has 7 nitrogen and oxygen atoms in total. The van der Waals surface area contributed by atoms with E-state index in [1.54, 1.807) is 48.5 Å². The number of hydrogen-bond donors (Lipinski definition) is 1. The van der Waals surface area contributed by atoms with Gasteiger partial charge in [-0.3, -0.25) is 24.1 Å². The van der Waals surface area contributed by atoms with E-state index in [9.17, 15) is 19.5 Å². The quantitative estimate of drug-likeness (QED) is 0.175. The predicted molar refractivity (Wildman–Crippen MR) is 188 cm³/mol. The Labute approximate surface area is 293 Å². The summed E-state index contributed by atoms with van der Waals surface area (Å²) in [6.45, 7) is 3.63. The first-order valence-electron chi connectivity index (χ1n) is 16.4. The van der Waals surface area contributed by atoms with Gasteiger partial charge in [0.15, 0.2) is 0 Å². The number of rotatable bonds is 4. The first kappa shape index (κ1) is 31.5. The van der Waals surface area contributed by atoms with Crippen LogP contribution in [0.2, 0.25) is 10.0 Å². The number of phenolic OH excluding ortho intramolecular Hbond substituents is 1. The molecule has 49 heavy (non-hydrogen) atoms. The van der Waals surface area contributed by atoms with Gasteiger partial charge in [-0.05, 0) is 97.3 Å². The smallest absolute Gasteiger partial charge is 0.246 e. The number of benzene rings is 4. The van der Waals surface area contributed by atoms with Gasteiger partial charge in [-0.25, -0.2) is 4.90 Å². The molecule has 8 rings (SSSR count). The molecule has 0 radical (unpaired) electrons. The molecule has 3 fully saturated rings. The van der Waals surface area contributed by atoms with E-state index in [4.69, 9.17) is 23.2 Å². The van der Waals surface area contributed by atoms with E-state index in [-0.39, 0.29) is 35.8 Å². The third kappa shape index (κ3) is 4.48. The Hall–Kier alpha value is -4.72. The van der Waals surface area contributed by atoms with Crippen molar-refractivity contribution < 1.29 is 24.3 Å². The second-order valence-corrected chi connectivity index (χ2v) is 14.5. The molecule has 9 heteroatoms. The number of carbonyl (C=O) groups is 4. The minimum atomic E-state index is -1.38. The van der Waals surface area contributed by atoms with Crippen LogP contribution in [0.1, 0.15) is 41.0 Å². The number of allylic oxidation sites excluding steroid dienone is 2. The van der Waals surface area contributed by atoms with Crippen LogP contribution in [0, 0.1) is 37.5 Å². The van der Waals surface area contributed by atoms with Gasteiger partial charge in [-0.2, -0.15) is 0 Å². The van der Waals surface area contributed by atoms with Crippen LogP contribution < -0.4 is 9.80 Å².